The summed E-state index contributed by atoms with van der Waals surface area (Å²) in [5.41, 5.74) is 0. The molecular formula is C22H40N2O11. The molecule has 4 saturated heterocycles. The molecule has 0 aromatic heterocycles. The van der Waals surface area contributed by atoms with E-state index < -0.39 is 61.4 Å². The zero-order chi connectivity index (χ0) is 25.3. The van der Waals surface area contributed by atoms with Gasteiger partial charge in [0.25, 0.3) is 0 Å². The summed E-state index contributed by atoms with van der Waals surface area (Å²) in [7, 11) is 0. The van der Waals surface area contributed by atoms with Crippen LogP contribution in [0, 0.1) is 11.8 Å². The first kappa shape index (κ1) is 27.5. The van der Waals surface area contributed by atoms with Crippen molar-refractivity contribution in [3.05, 3.63) is 0 Å². The monoisotopic (exact) mass is 508 g/mol. The van der Waals surface area contributed by atoms with E-state index in [0.717, 1.165) is 32.5 Å². The number of hydrogen-bond donors (Lipinski definition) is 7. The van der Waals surface area contributed by atoms with E-state index in [1.807, 2.05) is 0 Å². The Kier molecular flexibility index (Phi) is 9.35. The minimum Gasteiger partial charge on any atom is -0.387 e. The van der Waals surface area contributed by atoms with Crippen LogP contribution in [0.25, 0.3) is 0 Å². The van der Waals surface area contributed by atoms with Gasteiger partial charge in [0.1, 0.15) is 55.1 Å². The fraction of sp³-hybridized carbons (Fsp3) is 1.00. The lowest BCUT2D eigenvalue weighted by Crippen LogP contribution is -2.64. The Balaban J connectivity index is 1.34. The maximum absolute atomic E-state index is 10.4. The molecule has 0 aromatic carbocycles. The Labute approximate surface area is 204 Å². The minimum atomic E-state index is -1.66. The third-order valence-electron chi connectivity index (χ3n) is 7.19. The summed E-state index contributed by atoms with van der Waals surface area (Å²) in [6.45, 7) is 6.29. The second-order valence-corrected chi connectivity index (χ2v) is 10.3. The first-order valence-corrected chi connectivity index (χ1v) is 12.4. The van der Waals surface area contributed by atoms with E-state index in [1.54, 1.807) is 5.06 Å². The van der Waals surface area contributed by atoms with Gasteiger partial charge in [-0.25, -0.2) is 0 Å². The minimum absolute atomic E-state index is 0.0741. The van der Waals surface area contributed by atoms with E-state index >= 15 is 0 Å². The third-order valence-corrected chi connectivity index (χ3v) is 7.19. The molecule has 13 atom stereocenters. The van der Waals surface area contributed by atoms with Crippen molar-refractivity contribution in [1.29, 1.82) is 0 Å². The lowest BCUT2D eigenvalue weighted by atomic mass is 9.98. The number of aliphatic hydroxyl groups is 6. The van der Waals surface area contributed by atoms with E-state index in [2.05, 4.69) is 19.2 Å². The van der Waals surface area contributed by atoms with Crippen molar-refractivity contribution >= 4 is 0 Å². The molecule has 0 radical (unpaired) electrons. The standard InChI is InChI=1S/C22H40N2O11/c1-10-3-4-24(7-10)32-9-13-16(26)18(28)20(30)22(34-13)35-21-19(29)17(27)15(25)12(33-21)8-31-14-5-11(2)6-23-14/h10-23,25-30H,3-9H2,1-2H3. The van der Waals surface area contributed by atoms with Gasteiger partial charge in [0.05, 0.1) is 13.2 Å². The molecule has 4 rings (SSSR count). The molecule has 7 N–H and O–H groups in total. The smallest absolute Gasteiger partial charge is 0.189 e. The molecule has 0 saturated carbocycles. The Morgan fingerprint density at radius 1 is 0.800 bits per heavy atom. The predicted octanol–water partition coefficient (Wildman–Crippen LogP) is -3.14. The van der Waals surface area contributed by atoms with Gasteiger partial charge in [0.15, 0.2) is 12.6 Å². The van der Waals surface area contributed by atoms with Crippen molar-refractivity contribution < 1.29 is 54.4 Å². The van der Waals surface area contributed by atoms with Crippen molar-refractivity contribution in [3.63, 3.8) is 0 Å². The van der Waals surface area contributed by atoms with E-state index in [9.17, 15) is 30.6 Å². The molecule has 0 aromatic rings. The highest BCUT2D eigenvalue weighted by Crippen LogP contribution is 2.29. The molecule has 4 aliphatic rings. The topological polar surface area (TPSA) is 183 Å². The van der Waals surface area contributed by atoms with E-state index in [-0.39, 0.29) is 19.4 Å². The van der Waals surface area contributed by atoms with Crippen LogP contribution in [0.2, 0.25) is 0 Å². The van der Waals surface area contributed by atoms with Crippen LogP contribution in [-0.2, 0) is 23.8 Å². The molecule has 4 heterocycles. The van der Waals surface area contributed by atoms with Gasteiger partial charge >= 0.3 is 0 Å². The Morgan fingerprint density at radius 3 is 1.91 bits per heavy atom. The fourth-order valence-corrected chi connectivity index (χ4v) is 4.86. The third kappa shape index (κ3) is 6.49. The first-order valence-electron chi connectivity index (χ1n) is 12.4. The molecule has 0 spiro atoms. The summed E-state index contributed by atoms with van der Waals surface area (Å²) in [5, 5.41) is 67.2. The summed E-state index contributed by atoms with van der Waals surface area (Å²) >= 11 is 0. The van der Waals surface area contributed by atoms with Crippen molar-refractivity contribution in [2.75, 3.05) is 32.8 Å². The van der Waals surface area contributed by atoms with Gasteiger partial charge in [-0.3, -0.25) is 10.2 Å². The van der Waals surface area contributed by atoms with Crippen LogP contribution in [0.1, 0.15) is 26.7 Å². The zero-order valence-electron chi connectivity index (χ0n) is 20.1. The number of hydroxylamine groups is 2. The summed E-state index contributed by atoms with van der Waals surface area (Å²) in [6.07, 6.45) is -12.9. The highest BCUT2D eigenvalue weighted by molar-refractivity contribution is 4.93. The number of nitrogens with zero attached hydrogens (tertiary/aromatic N) is 1. The number of nitrogens with one attached hydrogen (secondary N) is 1. The van der Waals surface area contributed by atoms with Gasteiger partial charge in [-0.15, -0.1) is 0 Å². The van der Waals surface area contributed by atoms with Gasteiger partial charge in [0.2, 0.25) is 0 Å². The Hall–Kier alpha value is -0.520. The molecule has 0 aliphatic carbocycles. The summed E-state index contributed by atoms with van der Waals surface area (Å²) in [5.74, 6) is 0.922. The number of aliphatic hydroxyl groups excluding tert-OH is 6. The Bertz CT molecular complexity index is 623. The van der Waals surface area contributed by atoms with Gasteiger partial charge in [0, 0.05) is 19.6 Å². The van der Waals surface area contributed by atoms with Gasteiger partial charge in [-0.1, -0.05) is 13.8 Å². The summed E-state index contributed by atoms with van der Waals surface area (Å²) < 4.78 is 22.7. The molecule has 4 aliphatic heterocycles. The van der Waals surface area contributed by atoms with Crippen molar-refractivity contribution in [2.24, 2.45) is 11.8 Å². The molecule has 13 nitrogen and oxygen atoms in total. The van der Waals surface area contributed by atoms with Crippen LogP contribution in [0.15, 0.2) is 0 Å². The quantitative estimate of drug-likeness (QED) is 0.175. The van der Waals surface area contributed by atoms with E-state index in [4.69, 9.17) is 23.8 Å². The molecule has 0 bridgehead atoms. The predicted molar refractivity (Wildman–Crippen MR) is 117 cm³/mol. The van der Waals surface area contributed by atoms with Gasteiger partial charge in [-0.05, 0) is 24.7 Å². The van der Waals surface area contributed by atoms with Crippen LogP contribution < -0.4 is 5.32 Å². The van der Waals surface area contributed by atoms with E-state index in [0.29, 0.717) is 11.8 Å². The molecule has 13 unspecified atom stereocenters. The second-order valence-electron chi connectivity index (χ2n) is 10.3. The van der Waals surface area contributed by atoms with Crippen LogP contribution in [0.3, 0.4) is 0 Å². The SMILES string of the molecule is CC1CNC(OCC2OC(OC3OC(CON4CCC(C)C4)C(O)C(O)C3O)C(O)C(O)C2O)C1. The van der Waals surface area contributed by atoms with Gasteiger partial charge in [-0.2, -0.15) is 5.06 Å². The summed E-state index contributed by atoms with van der Waals surface area (Å²) in [4.78, 5) is 5.69. The maximum Gasteiger partial charge on any atom is 0.189 e. The second kappa shape index (κ2) is 11.9. The molecule has 4 fully saturated rings. The van der Waals surface area contributed by atoms with Crippen LogP contribution >= 0.6 is 0 Å². The lowest BCUT2D eigenvalue weighted by molar-refractivity contribution is -0.380. The van der Waals surface area contributed by atoms with Gasteiger partial charge < -0.3 is 49.6 Å². The van der Waals surface area contributed by atoms with Crippen molar-refractivity contribution in [1.82, 2.24) is 10.4 Å². The van der Waals surface area contributed by atoms with Crippen LogP contribution in [-0.4, -0.2) is 136 Å². The molecule has 13 heteroatoms. The van der Waals surface area contributed by atoms with Crippen LogP contribution in [0.4, 0.5) is 0 Å². The Morgan fingerprint density at radius 2 is 1.40 bits per heavy atom. The van der Waals surface area contributed by atoms with Crippen LogP contribution in [0.5, 0.6) is 0 Å². The van der Waals surface area contributed by atoms with Crippen molar-refractivity contribution in [3.8, 4) is 0 Å². The normalized spacial score (nSPS) is 49.5. The molecule has 204 valence electrons. The van der Waals surface area contributed by atoms with E-state index in [1.165, 1.54) is 0 Å². The fourth-order valence-electron chi connectivity index (χ4n) is 4.86. The molecular weight excluding hydrogens is 468 g/mol. The highest BCUT2D eigenvalue weighted by Gasteiger charge is 2.50. The largest absolute Gasteiger partial charge is 0.387 e. The molecule has 0 amide bonds. The lowest BCUT2D eigenvalue weighted by Gasteiger charge is -2.45. The number of ether oxygens (including phenoxy) is 4. The summed E-state index contributed by atoms with van der Waals surface area (Å²) in [6, 6.07) is 0. The highest BCUT2D eigenvalue weighted by atomic mass is 16.8. The molecule has 35 heavy (non-hydrogen) atoms. The number of hydrogen-bond acceptors (Lipinski definition) is 13. The first-order chi connectivity index (χ1) is 16.6. The number of rotatable bonds is 8. The zero-order valence-corrected chi connectivity index (χ0v) is 20.1. The average Bonchev–Trinajstić information content (AvgIpc) is 3.45. The van der Waals surface area contributed by atoms with Crippen molar-refractivity contribution in [2.45, 2.75) is 94.3 Å². The average molecular weight is 509 g/mol. The maximum atomic E-state index is 10.4.